The molecular weight excluding hydrogens is 302 g/mol. The van der Waals surface area contributed by atoms with Crippen LogP contribution in [0, 0.1) is 5.92 Å². The summed E-state index contributed by atoms with van der Waals surface area (Å²) in [6, 6.07) is 8.21. The van der Waals surface area contributed by atoms with Crippen LogP contribution in [0.15, 0.2) is 24.3 Å². The predicted molar refractivity (Wildman–Crippen MR) is 97.7 cm³/mol. The van der Waals surface area contributed by atoms with Crippen LogP contribution in [0.25, 0.3) is 0 Å². The Balaban J connectivity index is 1.55. The standard InChI is InChI=1S/C20H33NO3/c1-16(2)18-6-8-20(9-7-18)24-12-11-23-15-19(22)14-21-10-4-5-17(3)13-21/h6-9,16-17,19,22H,4-5,10-15H2,1-3H3. The highest BCUT2D eigenvalue weighted by Crippen LogP contribution is 2.18. The summed E-state index contributed by atoms with van der Waals surface area (Å²) in [6.45, 7) is 10.9. The van der Waals surface area contributed by atoms with Crippen LogP contribution in [-0.4, -0.2) is 55.6 Å². The van der Waals surface area contributed by atoms with Crippen molar-refractivity contribution in [3.8, 4) is 5.75 Å². The molecule has 1 saturated heterocycles. The summed E-state index contributed by atoms with van der Waals surface area (Å²) < 4.78 is 11.2. The van der Waals surface area contributed by atoms with Gasteiger partial charge in [0, 0.05) is 13.1 Å². The molecule has 4 heteroatoms. The molecule has 0 spiro atoms. The minimum Gasteiger partial charge on any atom is -0.491 e. The van der Waals surface area contributed by atoms with E-state index in [1.54, 1.807) is 0 Å². The highest BCUT2D eigenvalue weighted by atomic mass is 16.5. The maximum Gasteiger partial charge on any atom is 0.119 e. The molecule has 1 aromatic carbocycles. The first-order valence-corrected chi connectivity index (χ1v) is 9.25. The van der Waals surface area contributed by atoms with Crippen molar-refractivity contribution in [1.82, 2.24) is 4.90 Å². The number of aliphatic hydroxyl groups is 1. The van der Waals surface area contributed by atoms with E-state index < -0.39 is 6.10 Å². The van der Waals surface area contributed by atoms with Gasteiger partial charge in [0.1, 0.15) is 12.4 Å². The number of likely N-dealkylation sites (tertiary alicyclic amines) is 1. The quantitative estimate of drug-likeness (QED) is 0.703. The van der Waals surface area contributed by atoms with Crippen LogP contribution in [0.3, 0.4) is 0 Å². The van der Waals surface area contributed by atoms with Crippen molar-refractivity contribution < 1.29 is 14.6 Å². The third-order valence-corrected chi connectivity index (χ3v) is 4.56. The molecule has 0 bridgehead atoms. The minimum atomic E-state index is -0.416. The van der Waals surface area contributed by atoms with E-state index in [9.17, 15) is 5.11 Å². The van der Waals surface area contributed by atoms with Gasteiger partial charge in [0.05, 0.1) is 19.3 Å². The van der Waals surface area contributed by atoms with Crippen LogP contribution >= 0.6 is 0 Å². The fourth-order valence-corrected chi connectivity index (χ4v) is 3.19. The fourth-order valence-electron chi connectivity index (χ4n) is 3.19. The molecule has 1 aromatic rings. The lowest BCUT2D eigenvalue weighted by molar-refractivity contribution is 0.00223. The van der Waals surface area contributed by atoms with Crippen LogP contribution in [0.4, 0.5) is 0 Å². The van der Waals surface area contributed by atoms with Gasteiger partial charge < -0.3 is 19.5 Å². The molecule has 1 N–H and O–H groups in total. The van der Waals surface area contributed by atoms with Crippen molar-refractivity contribution in [2.75, 3.05) is 39.5 Å². The molecule has 2 atom stereocenters. The molecule has 1 heterocycles. The molecule has 4 nitrogen and oxygen atoms in total. The summed E-state index contributed by atoms with van der Waals surface area (Å²) >= 11 is 0. The Morgan fingerprint density at radius 2 is 1.96 bits per heavy atom. The molecular formula is C20H33NO3. The van der Waals surface area contributed by atoms with Gasteiger partial charge >= 0.3 is 0 Å². The van der Waals surface area contributed by atoms with Gasteiger partial charge in [-0.15, -0.1) is 0 Å². The first-order chi connectivity index (χ1) is 11.5. The molecule has 0 saturated carbocycles. The zero-order valence-electron chi connectivity index (χ0n) is 15.4. The number of hydrogen-bond acceptors (Lipinski definition) is 4. The number of aliphatic hydroxyl groups excluding tert-OH is 1. The molecule has 0 aliphatic carbocycles. The van der Waals surface area contributed by atoms with Crippen molar-refractivity contribution in [1.29, 1.82) is 0 Å². The number of hydrogen-bond donors (Lipinski definition) is 1. The van der Waals surface area contributed by atoms with E-state index in [2.05, 4.69) is 37.8 Å². The van der Waals surface area contributed by atoms with Gasteiger partial charge in [-0.2, -0.15) is 0 Å². The van der Waals surface area contributed by atoms with Crippen molar-refractivity contribution in [2.45, 2.75) is 45.6 Å². The Morgan fingerprint density at radius 3 is 2.62 bits per heavy atom. The van der Waals surface area contributed by atoms with Gasteiger partial charge in [-0.25, -0.2) is 0 Å². The highest BCUT2D eigenvalue weighted by Gasteiger charge is 2.18. The Bertz CT molecular complexity index is 460. The fraction of sp³-hybridized carbons (Fsp3) is 0.700. The summed E-state index contributed by atoms with van der Waals surface area (Å²) in [4.78, 5) is 2.34. The molecule has 1 aliphatic heterocycles. The van der Waals surface area contributed by atoms with Crippen LogP contribution < -0.4 is 4.74 Å². The highest BCUT2D eigenvalue weighted by molar-refractivity contribution is 5.28. The first kappa shape index (κ1) is 19.2. The Kier molecular flexibility index (Phi) is 8.03. The van der Waals surface area contributed by atoms with Gasteiger partial charge in [0.25, 0.3) is 0 Å². The first-order valence-electron chi connectivity index (χ1n) is 9.25. The SMILES string of the molecule is CC1CCCN(CC(O)COCCOc2ccc(C(C)C)cc2)C1. The summed E-state index contributed by atoms with van der Waals surface area (Å²) in [6.07, 6.45) is 2.12. The number of ether oxygens (including phenoxy) is 2. The molecule has 24 heavy (non-hydrogen) atoms. The number of rotatable bonds is 9. The number of nitrogens with zero attached hydrogens (tertiary/aromatic N) is 1. The van der Waals surface area contributed by atoms with Crippen molar-refractivity contribution in [3.05, 3.63) is 29.8 Å². The van der Waals surface area contributed by atoms with E-state index in [-0.39, 0.29) is 0 Å². The largest absolute Gasteiger partial charge is 0.491 e. The third kappa shape index (κ3) is 6.80. The van der Waals surface area contributed by atoms with E-state index in [0.29, 0.717) is 32.3 Å². The van der Waals surface area contributed by atoms with Crippen molar-refractivity contribution in [3.63, 3.8) is 0 Å². The molecule has 0 aromatic heterocycles. The van der Waals surface area contributed by atoms with Crippen LogP contribution in [0.2, 0.25) is 0 Å². The minimum absolute atomic E-state index is 0.376. The maximum absolute atomic E-state index is 10.1. The van der Waals surface area contributed by atoms with E-state index in [4.69, 9.17) is 9.47 Å². The van der Waals surface area contributed by atoms with Crippen molar-refractivity contribution in [2.24, 2.45) is 5.92 Å². The number of piperidine rings is 1. The van der Waals surface area contributed by atoms with Crippen LogP contribution in [0.5, 0.6) is 5.75 Å². The molecule has 2 unspecified atom stereocenters. The number of benzene rings is 1. The van der Waals surface area contributed by atoms with Gasteiger partial charge in [0.2, 0.25) is 0 Å². The lowest BCUT2D eigenvalue weighted by Crippen LogP contribution is -2.40. The van der Waals surface area contributed by atoms with E-state index in [1.165, 1.54) is 18.4 Å². The molecule has 0 radical (unpaired) electrons. The molecule has 2 rings (SSSR count). The Morgan fingerprint density at radius 1 is 1.21 bits per heavy atom. The van der Waals surface area contributed by atoms with Crippen LogP contribution in [-0.2, 0) is 4.74 Å². The third-order valence-electron chi connectivity index (χ3n) is 4.56. The normalized spacial score (nSPS) is 20.3. The van der Waals surface area contributed by atoms with Gasteiger partial charge in [0.15, 0.2) is 0 Å². The summed E-state index contributed by atoms with van der Waals surface area (Å²) in [5, 5.41) is 10.1. The Hall–Kier alpha value is -1.10. The number of β-amino-alcohol motifs (C(OH)–C–C–N with tert-alkyl or cyclic N) is 1. The van der Waals surface area contributed by atoms with Gasteiger partial charge in [-0.1, -0.05) is 32.9 Å². The van der Waals surface area contributed by atoms with Gasteiger partial charge in [-0.05, 0) is 48.9 Å². The molecule has 1 aliphatic rings. The molecule has 136 valence electrons. The summed E-state index contributed by atoms with van der Waals surface area (Å²) in [5.74, 6) is 2.14. The molecule has 1 fully saturated rings. The van der Waals surface area contributed by atoms with E-state index in [0.717, 1.165) is 24.8 Å². The zero-order valence-corrected chi connectivity index (χ0v) is 15.4. The van der Waals surface area contributed by atoms with E-state index >= 15 is 0 Å². The maximum atomic E-state index is 10.1. The molecule has 0 amide bonds. The van der Waals surface area contributed by atoms with E-state index in [1.807, 2.05) is 12.1 Å². The monoisotopic (exact) mass is 335 g/mol. The zero-order chi connectivity index (χ0) is 17.4. The van der Waals surface area contributed by atoms with Crippen LogP contribution in [0.1, 0.15) is 45.1 Å². The average molecular weight is 335 g/mol. The summed E-state index contributed by atoms with van der Waals surface area (Å²) in [5.41, 5.74) is 1.31. The lowest BCUT2D eigenvalue weighted by atomic mass is 10.0. The topological polar surface area (TPSA) is 41.9 Å². The smallest absolute Gasteiger partial charge is 0.119 e. The van der Waals surface area contributed by atoms with Crippen molar-refractivity contribution >= 4 is 0 Å². The second kappa shape index (κ2) is 10.0. The second-order valence-electron chi connectivity index (χ2n) is 7.31. The lowest BCUT2D eigenvalue weighted by Gasteiger charge is -2.32. The average Bonchev–Trinajstić information content (AvgIpc) is 2.55. The van der Waals surface area contributed by atoms with Gasteiger partial charge in [-0.3, -0.25) is 0 Å². The summed E-state index contributed by atoms with van der Waals surface area (Å²) in [7, 11) is 0. The second-order valence-corrected chi connectivity index (χ2v) is 7.31. The Labute approximate surface area is 146 Å². The predicted octanol–water partition coefficient (Wildman–Crippen LogP) is 3.30.